The quantitative estimate of drug-likeness (QED) is 0.574. The van der Waals surface area contributed by atoms with Gasteiger partial charge in [-0.15, -0.1) is 0 Å². The lowest BCUT2D eigenvalue weighted by Gasteiger charge is -2.35. The number of hydrogen-bond donors (Lipinski definition) is 1. The van der Waals surface area contributed by atoms with Gasteiger partial charge >= 0.3 is 0 Å². The first-order valence-electron chi connectivity index (χ1n) is 11.7. The number of nitrogens with zero attached hydrogens (tertiary/aromatic N) is 3. The third-order valence-corrected chi connectivity index (χ3v) is 6.66. The number of likely N-dealkylation sites (N-methyl/N-ethyl adjacent to an activating group) is 1. The molecule has 0 aliphatic carbocycles. The summed E-state index contributed by atoms with van der Waals surface area (Å²) in [5, 5.41) is 4.63. The van der Waals surface area contributed by atoms with Crippen molar-refractivity contribution in [3.8, 4) is 0 Å². The maximum Gasteiger partial charge on any atom is 0.261 e. The van der Waals surface area contributed by atoms with Crippen LogP contribution in [-0.2, 0) is 4.79 Å². The van der Waals surface area contributed by atoms with Crippen LogP contribution in [0, 0.1) is 0 Å². The van der Waals surface area contributed by atoms with Crippen molar-refractivity contribution in [3.05, 3.63) is 71.8 Å². The number of imide groups is 1. The Morgan fingerprint density at radius 1 is 0.853 bits per heavy atom. The molecule has 2 aliphatic heterocycles. The van der Waals surface area contributed by atoms with E-state index in [1.165, 1.54) is 4.90 Å². The van der Waals surface area contributed by atoms with Crippen LogP contribution in [-0.4, -0.2) is 67.3 Å². The van der Waals surface area contributed by atoms with Gasteiger partial charge < -0.3 is 15.1 Å². The highest BCUT2D eigenvalue weighted by molar-refractivity contribution is 6.25. The van der Waals surface area contributed by atoms with Crippen LogP contribution in [0.2, 0.25) is 0 Å². The molecule has 1 saturated heterocycles. The van der Waals surface area contributed by atoms with Crippen molar-refractivity contribution in [3.63, 3.8) is 0 Å². The van der Waals surface area contributed by atoms with E-state index in [2.05, 4.69) is 22.2 Å². The minimum absolute atomic E-state index is 0.124. The normalized spacial score (nSPS) is 16.3. The van der Waals surface area contributed by atoms with E-state index in [0.29, 0.717) is 17.5 Å². The fraction of sp³-hybridized carbons (Fsp3) is 0.296. The van der Waals surface area contributed by atoms with Crippen molar-refractivity contribution in [2.75, 3.05) is 50.0 Å². The molecule has 174 valence electrons. The Bertz CT molecular complexity index is 1210. The number of para-hydroxylation sites is 2. The van der Waals surface area contributed by atoms with E-state index in [0.717, 1.165) is 48.3 Å². The third kappa shape index (κ3) is 4.15. The van der Waals surface area contributed by atoms with E-state index >= 15 is 0 Å². The van der Waals surface area contributed by atoms with Gasteiger partial charge in [0.1, 0.15) is 0 Å². The van der Waals surface area contributed by atoms with Crippen molar-refractivity contribution in [2.24, 2.45) is 0 Å². The van der Waals surface area contributed by atoms with Gasteiger partial charge in [0.15, 0.2) is 0 Å². The van der Waals surface area contributed by atoms with E-state index in [4.69, 9.17) is 0 Å². The number of rotatable bonds is 6. The molecule has 1 N–H and O–H groups in total. The van der Waals surface area contributed by atoms with Gasteiger partial charge in [-0.3, -0.25) is 19.3 Å². The zero-order chi connectivity index (χ0) is 23.7. The molecule has 0 aromatic heterocycles. The summed E-state index contributed by atoms with van der Waals surface area (Å²) in [6.45, 7) is 4.00. The molecule has 7 heteroatoms. The lowest BCUT2D eigenvalue weighted by atomic mass is 9.94. The molecule has 3 aromatic carbocycles. The number of anilines is 2. The molecule has 3 amide bonds. The Morgan fingerprint density at radius 3 is 2.18 bits per heavy atom. The van der Waals surface area contributed by atoms with Gasteiger partial charge in [-0.25, -0.2) is 0 Å². The maximum absolute atomic E-state index is 13.0. The van der Waals surface area contributed by atoms with Crippen LogP contribution >= 0.6 is 0 Å². The molecule has 3 aromatic rings. The van der Waals surface area contributed by atoms with Crippen LogP contribution in [0.15, 0.2) is 60.7 Å². The average Bonchev–Trinajstić information content (AvgIpc) is 2.85. The predicted octanol–water partition coefficient (Wildman–Crippen LogP) is 3.61. The van der Waals surface area contributed by atoms with Gasteiger partial charge in [0.2, 0.25) is 5.91 Å². The Balaban J connectivity index is 1.22. The van der Waals surface area contributed by atoms with Gasteiger partial charge in [0.05, 0.1) is 11.4 Å². The Kier molecular flexibility index (Phi) is 6.02. The lowest BCUT2D eigenvalue weighted by molar-refractivity contribution is -0.116. The van der Waals surface area contributed by atoms with E-state index in [1.54, 1.807) is 12.1 Å². The summed E-state index contributed by atoms with van der Waals surface area (Å²) < 4.78 is 0. The van der Waals surface area contributed by atoms with E-state index < -0.39 is 0 Å². The van der Waals surface area contributed by atoms with Gasteiger partial charge in [0.25, 0.3) is 11.8 Å². The first-order valence-corrected chi connectivity index (χ1v) is 11.7. The molecule has 0 radical (unpaired) electrons. The van der Waals surface area contributed by atoms with Crippen LogP contribution in [0.3, 0.4) is 0 Å². The Morgan fingerprint density at radius 2 is 1.50 bits per heavy atom. The minimum atomic E-state index is -0.296. The second-order valence-electron chi connectivity index (χ2n) is 8.93. The van der Waals surface area contributed by atoms with Crippen molar-refractivity contribution >= 4 is 39.9 Å². The molecular weight excluding hydrogens is 428 g/mol. The fourth-order valence-electron chi connectivity index (χ4n) is 4.80. The summed E-state index contributed by atoms with van der Waals surface area (Å²) in [4.78, 5) is 44.6. The summed E-state index contributed by atoms with van der Waals surface area (Å²) in [5.74, 6) is -0.716. The number of carbonyl (C=O) groups is 3. The summed E-state index contributed by atoms with van der Waals surface area (Å²) in [6.07, 6.45) is 0.623. The smallest absolute Gasteiger partial charge is 0.261 e. The van der Waals surface area contributed by atoms with Gasteiger partial charge in [-0.05, 0) is 43.1 Å². The largest absolute Gasteiger partial charge is 0.367 e. The Labute approximate surface area is 198 Å². The maximum atomic E-state index is 13.0. The number of amides is 3. The minimum Gasteiger partial charge on any atom is -0.367 e. The second-order valence-corrected chi connectivity index (χ2v) is 8.93. The van der Waals surface area contributed by atoms with E-state index in [-0.39, 0.29) is 30.7 Å². The van der Waals surface area contributed by atoms with Gasteiger partial charge in [0, 0.05) is 55.7 Å². The molecule has 1 fully saturated rings. The molecule has 2 aliphatic rings. The highest BCUT2D eigenvalue weighted by atomic mass is 16.2. The van der Waals surface area contributed by atoms with Crippen LogP contribution in [0.25, 0.3) is 10.8 Å². The molecule has 7 nitrogen and oxygen atoms in total. The number of piperazine rings is 1. The number of hydrogen-bond acceptors (Lipinski definition) is 5. The number of benzene rings is 3. The van der Waals surface area contributed by atoms with Crippen LogP contribution < -0.4 is 10.2 Å². The third-order valence-electron chi connectivity index (χ3n) is 6.66. The SMILES string of the molecule is CN1CCN(c2ccccc2NC(=O)CCCN2C(=O)c3cccc4cccc(c34)C2=O)CC1. The van der Waals surface area contributed by atoms with Gasteiger partial charge in [-0.1, -0.05) is 36.4 Å². The molecule has 5 rings (SSSR count). The standard InChI is InChI=1S/C27H28N4O3/c1-29-15-17-30(18-16-29)23-12-3-2-11-22(23)28-24(32)13-6-14-31-26(33)20-9-4-7-19-8-5-10-21(25(19)20)27(31)34/h2-5,7-12H,6,13-18H2,1H3,(H,28,32). The topological polar surface area (TPSA) is 73.0 Å². The van der Waals surface area contributed by atoms with E-state index in [9.17, 15) is 14.4 Å². The Hall–Kier alpha value is -3.71. The molecule has 0 spiro atoms. The monoisotopic (exact) mass is 456 g/mol. The van der Waals surface area contributed by atoms with Crippen molar-refractivity contribution in [1.29, 1.82) is 0 Å². The molecule has 2 heterocycles. The van der Waals surface area contributed by atoms with Crippen molar-refractivity contribution in [1.82, 2.24) is 9.80 Å². The fourth-order valence-corrected chi connectivity index (χ4v) is 4.80. The van der Waals surface area contributed by atoms with Crippen LogP contribution in [0.4, 0.5) is 11.4 Å². The number of nitrogens with one attached hydrogen (secondary N) is 1. The lowest BCUT2D eigenvalue weighted by Crippen LogP contribution is -2.44. The second kappa shape index (κ2) is 9.27. The predicted molar refractivity (Wildman–Crippen MR) is 133 cm³/mol. The highest BCUT2D eigenvalue weighted by Crippen LogP contribution is 2.30. The van der Waals surface area contributed by atoms with Crippen molar-refractivity contribution < 1.29 is 14.4 Å². The molecule has 0 saturated carbocycles. The first-order chi connectivity index (χ1) is 16.5. The molecule has 0 bridgehead atoms. The highest BCUT2D eigenvalue weighted by Gasteiger charge is 2.32. The zero-order valence-corrected chi connectivity index (χ0v) is 19.3. The van der Waals surface area contributed by atoms with E-state index in [1.807, 2.05) is 48.5 Å². The molecule has 0 atom stereocenters. The van der Waals surface area contributed by atoms with Crippen LogP contribution in [0.5, 0.6) is 0 Å². The molecular formula is C27H28N4O3. The average molecular weight is 457 g/mol. The zero-order valence-electron chi connectivity index (χ0n) is 19.3. The first kappa shape index (κ1) is 22.1. The van der Waals surface area contributed by atoms with Crippen molar-refractivity contribution in [2.45, 2.75) is 12.8 Å². The summed E-state index contributed by atoms with van der Waals surface area (Å²) in [6, 6.07) is 18.8. The molecule has 0 unspecified atom stereocenters. The summed E-state index contributed by atoms with van der Waals surface area (Å²) >= 11 is 0. The number of carbonyl (C=O) groups excluding carboxylic acids is 3. The molecule has 34 heavy (non-hydrogen) atoms. The summed E-state index contributed by atoms with van der Waals surface area (Å²) in [5.41, 5.74) is 2.90. The summed E-state index contributed by atoms with van der Waals surface area (Å²) in [7, 11) is 2.11. The van der Waals surface area contributed by atoms with Crippen LogP contribution in [0.1, 0.15) is 33.6 Å². The van der Waals surface area contributed by atoms with Gasteiger partial charge in [-0.2, -0.15) is 0 Å².